The molecule has 0 radical (unpaired) electrons. The van der Waals surface area contributed by atoms with Crippen LogP contribution in [-0.4, -0.2) is 51.0 Å². The van der Waals surface area contributed by atoms with Gasteiger partial charge in [-0.3, -0.25) is 0 Å². The van der Waals surface area contributed by atoms with Gasteiger partial charge < -0.3 is 14.4 Å². The van der Waals surface area contributed by atoms with Gasteiger partial charge in [0.2, 0.25) is 0 Å². The van der Waals surface area contributed by atoms with E-state index in [-0.39, 0.29) is 18.6 Å². The van der Waals surface area contributed by atoms with E-state index in [2.05, 4.69) is 11.0 Å². The van der Waals surface area contributed by atoms with Gasteiger partial charge in [0.1, 0.15) is 28.9 Å². The van der Waals surface area contributed by atoms with E-state index in [0.717, 1.165) is 0 Å². The summed E-state index contributed by atoms with van der Waals surface area (Å²) in [5.74, 6) is 0.460. The predicted octanol–water partition coefficient (Wildman–Crippen LogP) is 6.46. The van der Waals surface area contributed by atoms with Crippen LogP contribution >= 0.6 is 23.2 Å². The first-order chi connectivity index (χ1) is 15.2. The summed E-state index contributed by atoms with van der Waals surface area (Å²) in [4.78, 5) is 14.2. The number of hydrogen-bond acceptors (Lipinski definition) is 4. The normalized spacial score (nSPS) is 17.0. The molecule has 1 unspecified atom stereocenters. The molecule has 1 saturated heterocycles. The molecule has 0 spiro atoms. The summed E-state index contributed by atoms with van der Waals surface area (Å²) in [5.41, 5.74) is 0.742. The fourth-order valence-electron chi connectivity index (χ4n) is 3.23. The average molecular weight is 518 g/mol. The number of rotatable bonds is 6. The lowest BCUT2D eigenvalue weighted by Crippen LogP contribution is -2.43. The second-order valence-electron chi connectivity index (χ2n) is 9.94. The van der Waals surface area contributed by atoms with Crippen molar-refractivity contribution in [3.8, 4) is 5.75 Å². The number of benzene rings is 1. The van der Waals surface area contributed by atoms with E-state index in [1.165, 1.54) is 0 Å². The van der Waals surface area contributed by atoms with Crippen molar-refractivity contribution in [1.82, 2.24) is 4.90 Å². The van der Waals surface area contributed by atoms with Crippen molar-refractivity contribution < 1.29 is 18.5 Å². The Hall–Kier alpha value is -1.57. The lowest BCUT2D eigenvalue weighted by molar-refractivity contribution is 0.0202. The molecule has 6 nitrogen and oxygen atoms in total. The predicted molar refractivity (Wildman–Crippen MR) is 137 cm³/mol. The van der Waals surface area contributed by atoms with Gasteiger partial charge in [0.15, 0.2) is 0 Å². The molecular formula is C24H34Cl2N2O4S. The molecule has 0 saturated carbocycles. The van der Waals surface area contributed by atoms with E-state index in [1.807, 2.05) is 41.5 Å². The van der Waals surface area contributed by atoms with E-state index in [9.17, 15) is 9.00 Å². The number of carbonyl (C=O) groups excluding carboxylic acids is 1. The Bertz CT molecular complexity index is 928. The van der Waals surface area contributed by atoms with Crippen molar-refractivity contribution in [3.63, 3.8) is 0 Å². The number of hydrogen-bond donors (Lipinski definition) is 0. The third-order valence-corrected chi connectivity index (χ3v) is 7.03. The zero-order valence-corrected chi connectivity index (χ0v) is 22.6. The monoisotopic (exact) mass is 516 g/mol. The Morgan fingerprint density at radius 1 is 1.18 bits per heavy atom. The molecule has 1 aromatic carbocycles. The van der Waals surface area contributed by atoms with Crippen LogP contribution in [0.3, 0.4) is 0 Å². The van der Waals surface area contributed by atoms with Crippen molar-refractivity contribution in [2.45, 2.75) is 64.7 Å². The van der Waals surface area contributed by atoms with Crippen LogP contribution in [0.2, 0.25) is 10.0 Å². The van der Waals surface area contributed by atoms with E-state index in [1.54, 1.807) is 23.1 Å². The smallest absolute Gasteiger partial charge is 0.410 e. The Labute approximate surface area is 209 Å². The van der Waals surface area contributed by atoms with Crippen LogP contribution in [0.5, 0.6) is 5.75 Å². The average Bonchev–Trinajstić information content (AvgIpc) is 2.70. The Morgan fingerprint density at radius 2 is 1.76 bits per heavy atom. The largest absolute Gasteiger partial charge is 0.489 e. The van der Waals surface area contributed by atoms with E-state index in [0.29, 0.717) is 53.0 Å². The molecule has 1 aliphatic rings. The van der Waals surface area contributed by atoms with Crippen LogP contribution in [0.4, 0.5) is 4.79 Å². The lowest BCUT2D eigenvalue weighted by Gasteiger charge is -2.34. The van der Waals surface area contributed by atoms with Gasteiger partial charge in [-0.2, -0.15) is 4.40 Å². The number of piperidine rings is 1. The van der Waals surface area contributed by atoms with Crippen LogP contribution < -0.4 is 4.74 Å². The molecule has 2 rings (SSSR count). The fraction of sp³-hybridized carbons (Fsp3) is 0.583. The van der Waals surface area contributed by atoms with Gasteiger partial charge in [-0.15, -0.1) is 0 Å². The van der Waals surface area contributed by atoms with Crippen molar-refractivity contribution >= 4 is 46.0 Å². The van der Waals surface area contributed by atoms with Gasteiger partial charge in [-0.25, -0.2) is 9.00 Å². The first-order valence-electron chi connectivity index (χ1n) is 10.9. The molecule has 9 heteroatoms. The number of nitrogens with zero attached hydrogens (tertiary/aromatic N) is 2. The fourth-order valence-corrected chi connectivity index (χ4v) is 4.25. The van der Waals surface area contributed by atoms with Gasteiger partial charge in [0.05, 0.1) is 20.5 Å². The first-order valence-corrected chi connectivity index (χ1v) is 12.8. The zero-order chi connectivity index (χ0) is 25.0. The van der Waals surface area contributed by atoms with E-state index >= 15 is 0 Å². The molecule has 1 fully saturated rings. The van der Waals surface area contributed by atoms with Crippen molar-refractivity contribution in [1.29, 1.82) is 0 Å². The summed E-state index contributed by atoms with van der Waals surface area (Å²) in [6.45, 7) is 16.1. The summed E-state index contributed by atoms with van der Waals surface area (Å²) in [6.07, 6.45) is 2.58. The van der Waals surface area contributed by atoms with Crippen molar-refractivity contribution in [2.24, 2.45) is 10.3 Å². The van der Waals surface area contributed by atoms with Crippen LogP contribution in [0.1, 0.15) is 59.9 Å². The molecule has 1 aliphatic heterocycles. The number of amides is 1. The number of carbonyl (C=O) groups is 1. The SMILES string of the molecule is C=CCOc1cc(Cl)c(Cl)cc1C(=NS(=O)C(C)(C)C)C1CCN(C(=O)OC(C)(C)C)CC1. The molecule has 33 heavy (non-hydrogen) atoms. The second kappa shape index (κ2) is 11.2. The molecule has 0 bridgehead atoms. The standard InChI is InChI=1S/C24H34Cl2N2O4S/c1-8-13-31-20-15-19(26)18(25)14-17(20)21(27-33(30)24(5,6)7)16-9-11-28(12-10-16)22(29)32-23(2,3)4/h8,14-16H,1,9-13H2,2-7H3. The van der Waals surface area contributed by atoms with Crippen LogP contribution in [0.25, 0.3) is 0 Å². The number of ether oxygens (including phenoxy) is 2. The summed E-state index contributed by atoms with van der Waals surface area (Å²) in [5, 5.41) is 0.716. The maximum atomic E-state index is 13.0. The minimum absolute atomic E-state index is 0.0432. The van der Waals surface area contributed by atoms with Gasteiger partial charge in [0, 0.05) is 30.6 Å². The number of halogens is 2. The molecule has 1 aromatic rings. The molecule has 1 amide bonds. The highest BCUT2D eigenvalue weighted by molar-refractivity contribution is 7.85. The first kappa shape index (κ1) is 27.7. The van der Waals surface area contributed by atoms with Crippen molar-refractivity contribution in [3.05, 3.63) is 40.4 Å². The second-order valence-corrected chi connectivity index (χ2v) is 12.7. The summed E-state index contributed by atoms with van der Waals surface area (Å²) < 4.78 is 28.5. The quantitative estimate of drug-likeness (QED) is 0.321. The van der Waals surface area contributed by atoms with Crippen molar-refractivity contribution in [2.75, 3.05) is 19.7 Å². The molecule has 0 aliphatic carbocycles. The van der Waals surface area contributed by atoms with Crippen LogP contribution in [0.15, 0.2) is 29.2 Å². The highest BCUT2D eigenvalue weighted by Gasteiger charge is 2.32. The van der Waals surface area contributed by atoms with Crippen LogP contribution in [0, 0.1) is 5.92 Å². The third kappa shape index (κ3) is 8.01. The Balaban J connectivity index is 2.41. The molecule has 1 heterocycles. The molecular weight excluding hydrogens is 483 g/mol. The Morgan fingerprint density at radius 3 is 2.27 bits per heavy atom. The van der Waals surface area contributed by atoms with Gasteiger partial charge in [0.25, 0.3) is 0 Å². The lowest BCUT2D eigenvalue weighted by atomic mass is 9.88. The maximum Gasteiger partial charge on any atom is 0.410 e. The van der Waals surface area contributed by atoms with Crippen LogP contribution in [-0.2, 0) is 15.7 Å². The molecule has 0 aromatic heterocycles. The topological polar surface area (TPSA) is 68.2 Å². The summed E-state index contributed by atoms with van der Waals surface area (Å²) in [6, 6.07) is 3.36. The van der Waals surface area contributed by atoms with Gasteiger partial charge >= 0.3 is 6.09 Å². The molecule has 0 N–H and O–H groups in total. The molecule has 184 valence electrons. The summed E-state index contributed by atoms with van der Waals surface area (Å²) in [7, 11) is -1.50. The maximum absolute atomic E-state index is 13.0. The Kier molecular flexibility index (Phi) is 9.42. The van der Waals surface area contributed by atoms with Gasteiger partial charge in [-0.05, 0) is 60.5 Å². The summed E-state index contributed by atoms with van der Waals surface area (Å²) >= 11 is 12.6. The zero-order valence-electron chi connectivity index (χ0n) is 20.2. The molecule has 1 atom stereocenters. The van der Waals surface area contributed by atoms with Gasteiger partial charge in [-0.1, -0.05) is 35.9 Å². The number of likely N-dealkylation sites (tertiary alicyclic amines) is 1. The van der Waals surface area contributed by atoms with E-state index in [4.69, 9.17) is 32.7 Å². The highest BCUT2D eigenvalue weighted by Crippen LogP contribution is 2.35. The minimum Gasteiger partial charge on any atom is -0.489 e. The minimum atomic E-state index is -1.50. The highest BCUT2D eigenvalue weighted by atomic mass is 35.5. The van der Waals surface area contributed by atoms with E-state index < -0.39 is 21.3 Å². The third-order valence-electron chi connectivity index (χ3n) is 4.89.